The van der Waals surface area contributed by atoms with Crippen molar-refractivity contribution in [2.75, 3.05) is 31.6 Å². The first-order valence-electron chi connectivity index (χ1n) is 8.30. The van der Waals surface area contributed by atoms with E-state index in [-0.39, 0.29) is 30.7 Å². The Bertz CT molecular complexity index is 634. The molecule has 24 heavy (non-hydrogen) atoms. The Labute approximate surface area is 141 Å². The Morgan fingerprint density at radius 2 is 2.33 bits per heavy atom. The largest absolute Gasteiger partial charge is 0.482 e. The molecule has 3 amide bonds. The average molecular weight is 333 g/mol. The number of hydrogen-bond acceptors (Lipinski definition) is 4. The number of rotatable bonds is 3. The van der Waals surface area contributed by atoms with Crippen molar-refractivity contribution in [3.05, 3.63) is 23.8 Å². The summed E-state index contributed by atoms with van der Waals surface area (Å²) in [5.41, 5.74) is 1.55. The minimum absolute atomic E-state index is 0.0360. The Morgan fingerprint density at radius 3 is 3.12 bits per heavy atom. The zero-order chi connectivity index (χ0) is 17.1. The van der Waals surface area contributed by atoms with Crippen LogP contribution in [0.2, 0.25) is 0 Å². The number of fused-ring (bicyclic) bond motifs is 1. The molecule has 7 nitrogen and oxygen atoms in total. The monoisotopic (exact) mass is 333 g/mol. The van der Waals surface area contributed by atoms with Crippen LogP contribution in [-0.4, -0.2) is 49.2 Å². The van der Waals surface area contributed by atoms with E-state index in [1.807, 2.05) is 25.1 Å². The first kappa shape index (κ1) is 16.6. The second-order valence-corrected chi connectivity index (χ2v) is 6.11. The number of hydrogen-bond donors (Lipinski definition) is 2. The van der Waals surface area contributed by atoms with Crippen LogP contribution < -0.4 is 15.4 Å². The molecule has 1 saturated heterocycles. The van der Waals surface area contributed by atoms with Crippen LogP contribution in [0.25, 0.3) is 0 Å². The molecule has 1 fully saturated rings. The van der Waals surface area contributed by atoms with E-state index in [1.165, 1.54) is 0 Å². The summed E-state index contributed by atoms with van der Waals surface area (Å²) >= 11 is 0. The van der Waals surface area contributed by atoms with Gasteiger partial charge in [0.1, 0.15) is 5.75 Å². The van der Waals surface area contributed by atoms with E-state index >= 15 is 0 Å². The summed E-state index contributed by atoms with van der Waals surface area (Å²) in [7, 11) is 0. The van der Waals surface area contributed by atoms with Gasteiger partial charge in [0.2, 0.25) is 0 Å². The van der Waals surface area contributed by atoms with Crippen molar-refractivity contribution < 1.29 is 19.1 Å². The van der Waals surface area contributed by atoms with Crippen LogP contribution in [0.3, 0.4) is 0 Å². The summed E-state index contributed by atoms with van der Waals surface area (Å²) in [6.45, 7) is 5.80. The molecule has 0 aliphatic carbocycles. The van der Waals surface area contributed by atoms with Crippen LogP contribution in [0.15, 0.2) is 18.2 Å². The highest BCUT2D eigenvalue weighted by molar-refractivity contribution is 5.95. The molecule has 2 heterocycles. The van der Waals surface area contributed by atoms with Crippen LogP contribution in [0.5, 0.6) is 5.75 Å². The normalized spacial score (nSPS) is 21.3. The van der Waals surface area contributed by atoms with E-state index in [4.69, 9.17) is 9.47 Å². The van der Waals surface area contributed by atoms with E-state index in [0.717, 1.165) is 12.0 Å². The van der Waals surface area contributed by atoms with Crippen LogP contribution in [0.4, 0.5) is 10.5 Å². The lowest BCUT2D eigenvalue weighted by Crippen LogP contribution is -2.49. The number of amides is 3. The highest BCUT2D eigenvalue weighted by Gasteiger charge is 2.24. The highest BCUT2D eigenvalue weighted by atomic mass is 16.5. The minimum atomic E-state index is -0.176. The van der Waals surface area contributed by atoms with E-state index in [0.29, 0.717) is 31.1 Å². The molecule has 0 saturated carbocycles. The van der Waals surface area contributed by atoms with Crippen molar-refractivity contribution in [2.45, 2.75) is 32.4 Å². The number of ether oxygens (including phenoxy) is 2. The molecule has 2 aliphatic heterocycles. The van der Waals surface area contributed by atoms with Gasteiger partial charge in [-0.3, -0.25) is 4.79 Å². The zero-order valence-corrected chi connectivity index (χ0v) is 14.0. The second-order valence-electron chi connectivity index (χ2n) is 6.11. The molecular weight excluding hydrogens is 310 g/mol. The maximum absolute atomic E-state index is 12.4. The molecule has 2 aliphatic rings. The lowest BCUT2D eigenvalue weighted by atomic mass is 10.1. The topological polar surface area (TPSA) is 79.9 Å². The number of urea groups is 1. The summed E-state index contributed by atoms with van der Waals surface area (Å²) in [6.07, 6.45) is 1.00. The van der Waals surface area contributed by atoms with Gasteiger partial charge in [0.15, 0.2) is 6.61 Å². The van der Waals surface area contributed by atoms with Crippen LogP contribution in [-0.2, 0) is 9.53 Å². The van der Waals surface area contributed by atoms with Gasteiger partial charge in [-0.05, 0) is 31.0 Å². The predicted octanol–water partition coefficient (Wildman–Crippen LogP) is 1.90. The fourth-order valence-electron chi connectivity index (χ4n) is 2.88. The van der Waals surface area contributed by atoms with Crippen molar-refractivity contribution >= 4 is 17.6 Å². The zero-order valence-electron chi connectivity index (χ0n) is 14.0. The van der Waals surface area contributed by atoms with Gasteiger partial charge in [-0.15, -0.1) is 0 Å². The molecule has 2 N–H and O–H groups in total. The van der Waals surface area contributed by atoms with Crippen molar-refractivity contribution in [1.29, 1.82) is 0 Å². The Morgan fingerprint density at radius 1 is 1.50 bits per heavy atom. The van der Waals surface area contributed by atoms with Crippen LogP contribution >= 0.6 is 0 Å². The number of anilines is 1. The SMILES string of the molecule is CC[C@H]1CN(C(=O)N[C@@H](C)c2ccc3c(c2)NC(=O)CO3)CCO1. The molecule has 0 unspecified atom stereocenters. The maximum Gasteiger partial charge on any atom is 0.318 e. The number of carbonyl (C=O) groups excluding carboxylic acids is 2. The molecule has 0 aromatic heterocycles. The summed E-state index contributed by atoms with van der Waals surface area (Å²) < 4.78 is 10.9. The summed E-state index contributed by atoms with van der Waals surface area (Å²) in [5, 5.41) is 5.79. The Hall–Kier alpha value is -2.28. The molecule has 130 valence electrons. The molecular formula is C17H23N3O4. The minimum Gasteiger partial charge on any atom is -0.482 e. The van der Waals surface area contributed by atoms with Gasteiger partial charge in [0, 0.05) is 13.1 Å². The molecule has 1 aromatic rings. The smallest absolute Gasteiger partial charge is 0.318 e. The summed E-state index contributed by atoms with van der Waals surface area (Å²) in [4.78, 5) is 25.7. The number of nitrogens with zero attached hydrogens (tertiary/aromatic N) is 1. The van der Waals surface area contributed by atoms with Gasteiger partial charge < -0.3 is 25.0 Å². The van der Waals surface area contributed by atoms with Crippen molar-refractivity contribution in [1.82, 2.24) is 10.2 Å². The molecule has 2 atom stereocenters. The fourth-order valence-corrected chi connectivity index (χ4v) is 2.88. The number of morpholine rings is 1. The van der Waals surface area contributed by atoms with E-state index in [2.05, 4.69) is 17.6 Å². The fraction of sp³-hybridized carbons (Fsp3) is 0.529. The van der Waals surface area contributed by atoms with Gasteiger partial charge in [-0.25, -0.2) is 4.79 Å². The Kier molecular flexibility index (Phi) is 4.89. The molecule has 7 heteroatoms. The average Bonchev–Trinajstić information content (AvgIpc) is 2.61. The van der Waals surface area contributed by atoms with Gasteiger partial charge in [-0.2, -0.15) is 0 Å². The first-order chi connectivity index (χ1) is 11.6. The lowest BCUT2D eigenvalue weighted by molar-refractivity contribution is -0.118. The van der Waals surface area contributed by atoms with E-state index in [9.17, 15) is 9.59 Å². The first-order valence-corrected chi connectivity index (χ1v) is 8.30. The predicted molar refractivity (Wildman–Crippen MR) is 89.1 cm³/mol. The van der Waals surface area contributed by atoms with Crippen molar-refractivity contribution in [3.8, 4) is 5.75 Å². The molecule has 1 aromatic carbocycles. The van der Waals surface area contributed by atoms with Gasteiger partial charge >= 0.3 is 6.03 Å². The maximum atomic E-state index is 12.4. The number of nitrogens with one attached hydrogen (secondary N) is 2. The molecule has 0 radical (unpaired) electrons. The van der Waals surface area contributed by atoms with Crippen molar-refractivity contribution in [3.63, 3.8) is 0 Å². The third kappa shape index (κ3) is 3.62. The molecule has 0 bridgehead atoms. The Balaban J connectivity index is 1.64. The standard InChI is InChI=1S/C17H23N3O4/c1-3-13-9-20(6-7-23-13)17(22)18-11(2)12-4-5-15-14(8-12)19-16(21)10-24-15/h4-5,8,11,13H,3,6-7,9-10H2,1-2H3,(H,18,22)(H,19,21)/t11-,13-/m0/s1. The van der Waals surface area contributed by atoms with Gasteiger partial charge in [0.05, 0.1) is 24.4 Å². The highest BCUT2D eigenvalue weighted by Crippen LogP contribution is 2.30. The van der Waals surface area contributed by atoms with Crippen LogP contribution in [0.1, 0.15) is 31.9 Å². The van der Waals surface area contributed by atoms with Gasteiger partial charge in [-0.1, -0.05) is 13.0 Å². The molecule has 3 rings (SSSR count). The summed E-state index contributed by atoms with van der Waals surface area (Å²) in [6, 6.07) is 5.28. The number of benzene rings is 1. The van der Waals surface area contributed by atoms with Gasteiger partial charge in [0.25, 0.3) is 5.91 Å². The third-order valence-corrected chi connectivity index (χ3v) is 4.36. The summed E-state index contributed by atoms with van der Waals surface area (Å²) in [5.74, 6) is 0.478. The van der Waals surface area contributed by atoms with E-state index in [1.54, 1.807) is 4.90 Å². The quantitative estimate of drug-likeness (QED) is 0.885. The second kappa shape index (κ2) is 7.09. The molecule has 0 spiro atoms. The van der Waals surface area contributed by atoms with Crippen molar-refractivity contribution in [2.24, 2.45) is 0 Å². The third-order valence-electron chi connectivity index (χ3n) is 4.36. The number of carbonyl (C=O) groups is 2. The van der Waals surface area contributed by atoms with E-state index < -0.39 is 0 Å². The lowest BCUT2D eigenvalue weighted by Gasteiger charge is -2.33. The van der Waals surface area contributed by atoms with Crippen LogP contribution in [0, 0.1) is 0 Å².